The Balaban J connectivity index is 2.19. The Morgan fingerprint density at radius 1 is 0.885 bits per heavy atom. The van der Waals surface area contributed by atoms with E-state index in [2.05, 4.69) is 0 Å². The fraction of sp³-hybridized carbons (Fsp3) is 0.100. The van der Waals surface area contributed by atoms with E-state index in [1.807, 2.05) is 0 Å². The van der Waals surface area contributed by atoms with E-state index in [4.69, 9.17) is 0 Å². The number of aryl methyl sites for hydroxylation is 1. The molecule has 134 valence electrons. The molecule has 0 spiro atoms. The number of phenolic OH excluding ortho intramolecular Hbond substituents is 1. The van der Waals surface area contributed by atoms with Gasteiger partial charge in [0.1, 0.15) is 17.3 Å². The lowest BCUT2D eigenvalue weighted by molar-refractivity contribution is 0.428. The van der Waals surface area contributed by atoms with Gasteiger partial charge in [0.05, 0.1) is 5.69 Å². The van der Waals surface area contributed by atoms with Gasteiger partial charge in [-0.15, -0.1) is 0 Å². The minimum absolute atomic E-state index is 0.104. The molecule has 0 amide bonds. The van der Waals surface area contributed by atoms with Gasteiger partial charge in [0.15, 0.2) is 17.4 Å². The van der Waals surface area contributed by atoms with Crippen LogP contribution in [-0.4, -0.2) is 12.2 Å². The summed E-state index contributed by atoms with van der Waals surface area (Å²) in [4.78, 5) is 0.982. The molecule has 3 aromatic carbocycles. The minimum Gasteiger partial charge on any atom is -0.505 e. The van der Waals surface area contributed by atoms with Crippen molar-refractivity contribution in [1.82, 2.24) is 0 Å². The molecule has 0 radical (unpaired) electrons. The molecule has 0 aliphatic heterocycles. The smallest absolute Gasteiger partial charge is 0.191 e. The standard InChI is InChI=1S/C20H15F4NO/c1-11-8-14(12-4-3-5-13(21)10-12)18(23)16(9-11)25(2)20-15(22)6-7-17(26)19(20)24/h3-10,26H,1-2H3. The summed E-state index contributed by atoms with van der Waals surface area (Å²) in [6, 6.07) is 10.1. The molecule has 6 heteroatoms. The summed E-state index contributed by atoms with van der Waals surface area (Å²) in [5.41, 5.74) is 0.339. The Bertz CT molecular complexity index is 988. The largest absolute Gasteiger partial charge is 0.505 e. The first-order chi connectivity index (χ1) is 12.3. The predicted molar refractivity (Wildman–Crippen MR) is 92.6 cm³/mol. The highest BCUT2D eigenvalue weighted by molar-refractivity contribution is 5.75. The van der Waals surface area contributed by atoms with Crippen LogP contribution in [0.3, 0.4) is 0 Å². The van der Waals surface area contributed by atoms with Crippen LogP contribution in [0.15, 0.2) is 48.5 Å². The van der Waals surface area contributed by atoms with Gasteiger partial charge in [-0.2, -0.15) is 0 Å². The van der Waals surface area contributed by atoms with Crippen molar-refractivity contribution in [3.05, 3.63) is 77.4 Å². The number of halogens is 4. The van der Waals surface area contributed by atoms with Gasteiger partial charge in [-0.1, -0.05) is 12.1 Å². The third-order valence-corrected chi connectivity index (χ3v) is 4.08. The van der Waals surface area contributed by atoms with Crippen molar-refractivity contribution in [2.45, 2.75) is 6.92 Å². The van der Waals surface area contributed by atoms with E-state index in [1.165, 1.54) is 37.4 Å². The van der Waals surface area contributed by atoms with E-state index in [1.54, 1.807) is 13.0 Å². The number of hydrogen-bond acceptors (Lipinski definition) is 2. The Kier molecular flexibility index (Phi) is 4.59. The van der Waals surface area contributed by atoms with Gasteiger partial charge in [-0.05, 0) is 54.4 Å². The van der Waals surface area contributed by atoms with Crippen LogP contribution in [-0.2, 0) is 0 Å². The minimum atomic E-state index is -1.19. The molecule has 0 saturated heterocycles. The molecular formula is C20H15F4NO. The molecule has 0 aliphatic carbocycles. The Morgan fingerprint density at radius 3 is 2.31 bits per heavy atom. The number of hydrogen-bond donors (Lipinski definition) is 1. The van der Waals surface area contributed by atoms with Crippen molar-refractivity contribution in [2.24, 2.45) is 0 Å². The van der Waals surface area contributed by atoms with Crippen LogP contribution < -0.4 is 4.90 Å². The summed E-state index contributed by atoms with van der Waals surface area (Å²) >= 11 is 0. The van der Waals surface area contributed by atoms with Gasteiger partial charge in [0.25, 0.3) is 0 Å². The number of aromatic hydroxyl groups is 1. The van der Waals surface area contributed by atoms with Gasteiger partial charge in [-0.25, -0.2) is 17.6 Å². The number of phenols is 1. The van der Waals surface area contributed by atoms with E-state index in [0.717, 1.165) is 17.0 Å². The number of rotatable bonds is 3. The van der Waals surface area contributed by atoms with Crippen molar-refractivity contribution in [3.8, 4) is 16.9 Å². The zero-order valence-corrected chi connectivity index (χ0v) is 14.0. The SMILES string of the molecule is Cc1cc(-c2cccc(F)c2)c(F)c(N(C)c2c(F)ccc(O)c2F)c1. The molecule has 2 nitrogen and oxygen atoms in total. The van der Waals surface area contributed by atoms with Gasteiger partial charge in [-0.3, -0.25) is 0 Å². The Morgan fingerprint density at radius 2 is 1.62 bits per heavy atom. The average molecular weight is 361 g/mol. The predicted octanol–water partition coefficient (Wildman–Crippen LogP) is 5.69. The van der Waals surface area contributed by atoms with E-state index < -0.39 is 34.7 Å². The van der Waals surface area contributed by atoms with Gasteiger partial charge < -0.3 is 10.0 Å². The zero-order valence-electron chi connectivity index (χ0n) is 14.0. The maximum Gasteiger partial charge on any atom is 0.191 e. The second-order valence-electron chi connectivity index (χ2n) is 5.94. The monoisotopic (exact) mass is 361 g/mol. The second kappa shape index (κ2) is 6.71. The van der Waals surface area contributed by atoms with Crippen LogP contribution in [0.25, 0.3) is 11.1 Å². The molecular weight excluding hydrogens is 346 g/mol. The molecule has 0 unspecified atom stereocenters. The van der Waals surface area contributed by atoms with Crippen LogP contribution >= 0.6 is 0 Å². The second-order valence-corrected chi connectivity index (χ2v) is 5.94. The van der Waals surface area contributed by atoms with Crippen molar-refractivity contribution in [1.29, 1.82) is 0 Å². The summed E-state index contributed by atoms with van der Waals surface area (Å²) in [5.74, 6) is -4.17. The maximum absolute atomic E-state index is 15.1. The fourth-order valence-electron chi connectivity index (χ4n) is 2.82. The Hall–Kier alpha value is -3.02. The van der Waals surface area contributed by atoms with E-state index >= 15 is 4.39 Å². The van der Waals surface area contributed by atoms with Crippen molar-refractivity contribution in [3.63, 3.8) is 0 Å². The van der Waals surface area contributed by atoms with Crippen molar-refractivity contribution >= 4 is 11.4 Å². The molecule has 0 saturated carbocycles. The first-order valence-corrected chi connectivity index (χ1v) is 7.76. The molecule has 0 aromatic heterocycles. The fourth-order valence-corrected chi connectivity index (χ4v) is 2.82. The van der Waals surface area contributed by atoms with Crippen LogP contribution in [0.5, 0.6) is 5.75 Å². The lowest BCUT2D eigenvalue weighted by Crippen LogP contribution is -2.15. The molecule has 1 N–H and O–H groups in total. The highest BCUT2D eigenvalue weighted by Crippen LogP contribution is 2.38. The topological polar surface area (TPSA) is 23.5 Å². The summed E-state index contributed by atoms with van der Waals surface area (Å²) < 4.78 is 56.9. The van der Waals surface area contributed by atoms with E-state index in [9.17, 15) is 18.3 Å². The zero-order chi connectivity index (χ0) is 19.0. The first kappa shape index (κ1) is 17.8. The van der Waals surface area contributed by atoms with E-state index in [-0.39, 0.29) is 11.3 Å². The maximum atomic E-state index is 15.1. The number of anilines is 2. The summed E-state index contributed by atoms with van der Waals surface area (Å²) in [7, 11) is 1.29. The summed E-state index contributed by atoms with van der Waals surface area (Å²) in [5, 5.41) is 9.50. The van der Waals surface area contributed by atoms with Crippen LogP contribution in [0.4, 0.5) is 28.9 Å². The molecule has 26 heavy (non-hydrogen) atoms. The molecule has 3 rings (SSSR count). The third kappa shape index (κ3) is 3.10. The average Bonchev–Trinajstić information content (AvgIpc) is 2.60. The van der Waals surface area contributed by atoms with Gasteiger partial charge in [0, 0.05) is 12.6 Å². The molecule has 0 aliphatic rings. The van der Waals surface area contributed by atoms with Crippen LogP contribution in [0, 0.1) is 30.2 Å². The van der Waals surface area contributed by atoms with Gasteiger partial charge >= 0.3 is 0 Å². The van der Waals surface area contributed by atoms with E-state index in [0.29, 0.717) is 11.1 Å². The van der Waals surface area contributed by atoms with Gasteiger partial charge in [0.2, 0.25) is 0 Å². The van der Waals surface area contributed by atoms with Crippen molar-refractivity contribution in [2.75, 3.05) is 11.9 Å². The normalized spacial score (nSPS) is 10.8. The molecule has 0 bridgehead atoms. The quantitative estimate of drug-likeness (QED) is 0.606. The summed E-state index contributed by atoms with van der Waals surface area (Å²) in [6.45, 7) is 1.69. The molecule has 0 atom stereocenters. The van der Waals surface area contributed by atoms with Crippen molar-refractivity contribution < 1.29 is 22.7 Å². The molecule has 0 fully saturated rings. The lowest BCUT2D eigenvalue weighted by atomic mass is 10.0. The highest BCUT2D eigenvalue weighted by atomic mass is 19.1. The van der Waals surface area contributed by atoms with Crippen LogP contribution in [0.2, 0.25) is 0 Å². The highest BCUT2D eigenvalue weighted by Gasteiger charge is 2.22. The lowest BCUT2D eigenvalue weighted by Gasteiger charge is -2.23. The number of benzene rings is 3. The van der Waals surface area contributed by atoms with Crippen LogP contribution in [0.1, 0.15) is 5.56 Å². The number of nitrogens with zero attached hydrogens (tertiary/aromatic N) is 1. The molecule has 3 aromatic rings. The Labute approximate surface area is 147 Å². The third-order valence-electron chi connectivity index (χ3n) is 4.08. The summed E-state index contributed by atoms with van der Waals surface area (Å²) in [6.07, 6.45) is 0. The molecule has 0 heterocycles. The first-order valence-electron chi connectivity index (χ1n) is 7.76.